The molecule has 0 bridgehead atoms. The number of benzene rings is 1. The molecule has 1 N–H and O–H groups in total. The third-order valence-electron chi connectivity index (χ3n) is 1.97. The van der Waals surface area contributed by atoms with Crippen molar-refractivity contribution >= 4 is 11.7 Å². The van der Waals surface area contributed by atoms with Crippen molar-refractivity contribution in [1.29, 1.82) is 0 Å². The molecule has 1 heterocycles. The molecule has 1 amide bonds. The van der Waals surface area contributed by atoms with Crippen LogP contribution in [-0.4, -0.2) is 15.8 Å². The maximum absolute atomic E-state index is 11.5. The van der Waals surface area contributed by atoms with Crippen LogP contribution in [0, 0.1) is 13.1 Å². The number of hydrogen-bond donors (Lipinski definition) is 1. The van der Waals surface area contributed by atoms with Gasteiger partial charge in [0.15, 0.2) is 0 Å². The molecule has 2 aromatic rings. The standard InChI is InChI=1S/C11H10N3O/c1-9-3-5-10(6-4-9)13-11(15)14-8-2-7-12-14/h2-6,8H,1H3,(H,13,15). The molecule has 0 unspecified atom stereocenters. The van der Waals surface area contributed by atoms with E-state index in [1.54, 1.807) is 12.3 Å². The molecular formula is C11H10N3O. The quantitative estimate of drug-likeness (QED) is 0.766. The minimum atomic E-state index is -0.292. The highest BCUT2D eigenvalue weighted by Crippen LogP contribution is 2.08. The fourth-order valence-corrected chi connectivity index (χ4v) is 1.16. The lowest BCUT2D eigenvalue weighted by Crippen LogP contribution is -2.19. The van der Waals surface area contributed by atoms with E-state index in [0.29, 0.717) is 0 Å². The Morgan fingerprint density at radius 1 is 1.40 bits per heavy atom. The van der Waals surface area contributed by atoms with Gasteiger partial charge in [0.25, 0.3) is 0 Å². The number of carbonyl (C=O) groups excluding carboxylic acids is 1. The summed E-state index contributed by atoms with van der Waals surface area (Å²) in [6, 6.07) is 8.85. The molecule has 75 valence electrons. The molecule has 0 spiro atoms. The Bertz CT molecular complexity index is 445. The Morgan fingerprint density at radius 3 is 2.73 bits per heavy atom. The van der Waals surface area contributed by atoms with Crippen molar-refractivity contribution in [1.82, 2.24) is 9.78 Å². The van der Waals surface area contributed by atoms with E-state index in [-0.39, 0.29) is 6.03 Å². The first-order chi connectivity index (χ1) is 7.25. The average molecular weight is 200 g/mol. The number of aryl methyl sites for hydroxylation is 1. The van der Waals surface area contributed by atoms with Crippen LogP contribution in [0.5, 0.6) is 0 Å². The molecule has 15 heavy (non-hydrogen) atoms. The zero-order valence-corrected chi connectivity index (χ0v) is 8.27. The molecule has 0 aliphatic carbocycles. The molecule has 0 saturated carbocycles. The van der Waals surface area contributed by atoms with Gasteiger partial charge in [-0.3, -0.25) is 0 Å². The fourth-order valence-electron chi connectivity index (χ4n) is 1.16. The Balaban J connectivity index is 2.09. The van der Waals surface area contributed by atoms with E-state index in [0.717, 1.165) is 11.3 Å². The minimum Gasteiger partial charge on any atom is -0.306 e. The number of nitrogens with one attached hydrogen (secondary N) is 1. The summed E-state index contributed by atoms with van der Waals surface area (Å²) in [6.45, 7) is 1.99. The molecule has 1 aromatic heterocycles. The van der Waals surface area contributed by atoms with E-state index in [1.807, 2.05) is 31.2 Å². The van der Waals surface area contributed by atoms with Crippen LogP contribution in [-0.2, 0) is 0 Å². The number of carbonyl (C=O) groups is 1. The summed E-state index contributed by atoms with van der Waals surface area (Å²) in [5.74, 6) is 0. The minimum absolute atomic E-state index is 0.292. The van der Waals surface area contributed by atoms with Crippen molar-refractivity contribution in [3.8, 4) is 0 Å². The fraction of sp³-hybridized carbons (Fsp3) is 0.0909. The summed E-state index contributed by atoms with van der Waals surface area (Å²) < 4.78 is 1.19. The van der Waals surface area contributed by atoms with Crippen molar-refractivity contribution in [2.75, 3.05) is 5.32 Å². The molecule has 0 fully saturated rings. The van der Waals surface area contributed by atoms with Crippen LogP contribution in [0.2, 0.25) is 0 Å². The van der Waals surface area contributed by atoms with Gasteiger partial charge < -0.3 is 5.32 Å². The predicted molar refractivity (Wildman–Crippen MR) is 56.7 cm³/mol. The lowest BCUT2D eigenvalue weighted by Gasteiger charge is -2.04. The number of rotatable bonds is 1. The van der Waals surface area contributed by atoms with Crippen molar-refractivity contribution in [2.24, 2.45) is 0 Å². The predicted octanol–water partition coefficient (Wildman–Crippen LogP) is 2.07. The second-order valence-corrected chi connectivity index (χ2v) is 3.19. The summed E-state index contributed by atoms with van der Waals surface area (Å²) >= 11 is 0. The van der Waals surface area contributed by atoms with Crippen LogP contribution < -0.4 is 5.32 Å². The van der Waals surface area contributed by atoms with Gasteiger partial charge in [0.1, 0.15) is 6.20 Å². The van der Waals surface area contributed by atoms with Gasteiger partial charge in [-0.15, -0.1) is 0 Å². The molecule has 0 atom stereocenters. The van der Waals surface area contributed by atoms with Crippen LogP contribution in [0.1, 0.15) is 5.56 Å². The third kappa shape index (κ3) is 2.22. The highest BCUT2D eigenvalue weighted by Gasteiger charge is 2.03. The molecule has 0 aliphatic heterocycles. The van der Waals surface area contributed by atoms with Crippen molar-refractivity contribution in [3.05, 3.63) is 48.3 Å². The molecular weight excluding hydrogens is 190 g/mol. The second-order valence-electron chi connectivity index (χ2n) is 3.19. The highest BCUT2D eigenvalue weighted by molar-refractivity contribution is 5.90. The lowest BCUT2D eigenvalue weighted by molar-refractivity contribution is 0.251. The topological polar surface area (TPSA) is 46.9 Å². The Kier molecular flexibility index (Phi) is 2.49. The Hall–Kier alpha value is -2.10. The van der Waals surface area contributed by atoms with Crippen molar-refractivity contribution < 1.29 is 4.79 Å². The highest BCUT2D eigenvalue weighted by atomic mass is 16.2. The second kappa shape index (κ2) is 3.96. The third-order valence-corrected chi connectivity index (χ3v) is 1.97. The first-order valence-electron chi connectivity index (χ1n) is 4.55. The van der Waals surface area contributed by atoms with Gasteiger partial charge in [-0.1, -0.05) is 17.7 Å². The summed E-state index contributed by atoms with van der Waals surface area (Å²) in [6.07, 6.45) is 4.10. The number of amides is 1. The molecule has 1 aromatic carbocycles. The number of nitrogens with zero attached hydrogens (tertiary/aromatic N) is 2. The van der Waals surface area contributed by atoms with Crippen molar-refractivity contribution in [3.63, 3.8) is 0 Å². The van der Waals surface area contributed by atoms with E-state index in [1.165, 1.54) is 4.68 Å². The van der Waals surface area contributed by atoms with Gasteiger partial charge in [-0.25, -0.2) is 4.79 Å². The van der Waals surface area contributed by atoms with Crippen LogP contribution in [0.15, 0.2) is 36.5 Å². The molecule has 0 aliphatic rings. The van der Waals surface area contributed by atoms with E-state index in [4.69, 9.17) is 0 Å². The Labute approximate surface area is 87.5 Å². The van der Waals surface area contributed by atoms with Crippen molar-refractivity contribution in [2.45, 2.75) is 6.92 Å². The average Bonchev–Trinajstić information content (AvgIpc) is 2.74. The van der Waals surface area contributed by atoms with E-state index < -0.39 is 0 Å². The zero-order chi connectivity index (χ0) is 10.7. The van der Waals surface area contributed by atoms with Gasteiger partial charge in [-0.05, 0) is 25.1 Å². The lowest BCUT2D eigenvalue weighted by atomic mass is 10.2. The molecule has 0 saturated heterocycles. The van der Waals surface area contributed by atoms with Crippen LogP contribution in [0.25, 0.3) is 0 Å². The van der Waals surface area contributed by atoms with Crippen LogP contribution in [0.3, 0.4) is 0 Å². The van der Waals surface area contributed by atoms with Gasteiger partial charge in [0.05, 0.1) is 0 Å². The molecule has 4 heteroatoms. The van der Waals surface area contributed by atoms with Gasteiger partial charge in [0.2, 0.25) is 0 Å². The SMILES string of the molecule is Cc1ccc(NC(=O)n2cc[c]n2)cc1. The smallest absolute Gasteiger partial charge is 0.306 e. The number of hydrogen-bond acceptors (Lipinski definition) is 2. The summed E-state index contributed by atoms with van der Waals surface area (Å²) in [5, 5.41) is 6.42. The molecule has 1 radical (unpaired) electrons. The van der Waals surface area contributed by atoms with E-state index in [9.17, 15) is 4.79 Å². The largest absolute Gasteiger partial charge is 0.346 e. The summed E-state index contributed by atoms with van der Waals surface area (Å²) in [5.41, 5.74) is 1.90. The Morgan fingerprint density at radius 2 is 2.13 bits per heavy atom. The molecule has 4 nitrogen and oxygen atoms in total. The number of aromatic nitrogens is 2. The normalized spacial score (nSPS) is 9.93. The van der Waals surface area contributed by atoms with Gasteiger partial charge in [0, 0.05) is 11.9 Å². The number of anilines is 1. The first-order valence-corrected chi connectivity index (χ1v) is 4.55. The van der Waals surface area contributed by atoms with Gasteiger partial charge >= 0.3 is 6.03 Å². The monoisotopic (exact) mass is 200 g/mol. The van der Waals surface area contributed by atoms with Gasteiger partial charge in [-0.2, -0.15) is 9.78 Å². The van der Waals surface area contributed by atoms with E-state index >= 15 is 0 Å². The van der Waals surface area contributed by atoms with E-state index in [2.05, 4.69) is 16.6 Å². The summed E-state index contributed by atoms with van der Waals surface area (Å²) in [4.78, 5) is 11.5. The zero-order valence-electron chi connectivity index (χ0n) is 8.27. The van der Waals surface area contributed by atoms with Crippen LogP contribution >= 0.6 is 0 Å². The maximum Gasteiger partial charge on any atom is 0.346 e. The first kappa shape index (κ1) is 9.45. The molecule has 2 rings (SSSR count). The maximum atomic E-state index is 11.5. The summed E-state index contributed by atoms with van der Waals surface area (Å²) in [7, 11) is 0. The van der Waals surface area contributed by atoms with Crippen LogP contribution in [0.4, 0.5) is 10.5 Å².